The van der Waals surface area contributed by atoms with Gasteiger partial charge in [0.25, 0.3) is 11.8 Å². The average Bonchev–Trinajstić information content (AvgIpc) is 2.96. The summed E-state index contributed by atoms with van der Waals surface area (Å²) in [6, 6.07) is 11.3. The normalized spacial score (nSPS) is 15.1. The summed E-state index contributed by atoms with van der Waals surface area (Å²) in [6.45, 7) is 0. The molecule has 0 saturated carbocycles. The van der Waals surface area contributed by atoms with E-state index in [-0.39, 0.29) is 21.4 Å². The van der Waals surface area contributed by atoms with Crippen molar-refractivity contribution >= 4 is 46.2 Å². The second kappa shape index (κ2) is 8.32. The standard InChI is InChI=1S/C19H16N2O5S2/c1-25-13-6-3-11(4-7-13)9-16-18(24)21(19(27)28-16)20-17(23)12-5-8-14(22)15(10-12)26-2/h3-10,22H,1-2H3,(H,20,23)/b16-9+. The minimum absolute atomic E-state index is 0.0907. The van der Waals surface area contributed by atoms with E-state index in [1.807, 2.05) is 12.1 Å². The number of thioether (sulfide) groups is 1. The van der Waals surface area contributed by atoms with E-state index in [1.165, 1.54) is 25.3 Å². The van der Waals surface area contributed by atoms with E-state index in [0.717, 1.165) is 22.3 Å². The number of benzene rings is 2. The molecule has 0 bridgehead atoms. The summed E-state index contributed by atoms with van der Waals surface area (Å²) in [5.74, 6) is -0.212. The molecule has 0 atom stereocenters. The number of methoxy groups -OCH3 is 2. The van der Waals surface area contributed by atoms with Crippen molar-refractivity contribution in [3.63, 3.8) is 0 Å². The Morgan fingerprint density at radius 2 is 1.89 bits per heavy atom. The average molecular weight is 416 g/mol. The summed E-state index contributed by atoms with van der Waals surface area (Å²) in [7, 11) is 2.95. The summed E-state index contributed by atoms with van der Waals surface area (Å²) in [6.07, 6.45) is 1.69. The van der Waals surface area contributed by atoms with Gasteiger partial charge in [-0.2, -0.15) is 5.01 Å². The van der Waals surface area contributed by atoms with Gasteiger partial charge in [0, 0.05) is 5.56 Å². The van der Waals surface area contributed by atoms with E-state index in [9.17, 15) is 14.7 Å². The van der Waals surface area contributed by atoms with Gasteiger partial charge in [-0.3, -0.25) is 15.0 Å². The summed E-state index contributed by atoms with van der Waals surface area (Å²) in [5, 5.41) is 10.7. The van der Waals surface area contributed by atoms with E-state index in [0.29, 0.717) is 10.7 Å². The maximum absolute atomic E-state index is 12.6. The van der Waals surface area contributed by atoms with E-state index in [1.54, 1.807) is 25.3 Å². The Morgan fingerprint density at radius 1 is 1.18 bits per heavy atom. The van der Waals surface area contributed by atoms with Crippen LogP contribution in [-0.2, 0) is 4.79 Å². The molecule has 2 amide bonds. The van der Waals surface area contributed by atoms with Crippen LogP contribution in [0.15, 0.2) is 47.4 Å². The molecular weight excluding hydrogens is 400 g/mol. The fraction of sp³-hybridized carbons (Fsp3) is 0.105. The van der Waals surface area contributed by atoms with E-state index >= 15 is 0 Å². The maximum Gasteiger partial charge on any atom is 0.285 e. The third-order valence-corrected chi connectivity index (χ3v) is 5.16. The molecule has 28 heavy (non-hydrogen) atoms. The molecule has 7 nitrogen and oxygen atoms in total. The number of hydrogen-bond acceptors (Lipinski definition) is 7. The first-order valence-electron chi connectivity index (χ1n) is 8.03. The lowest BCUT2D eigenvalue weighted by atomic mass is 10.2. The zero-order chi connectivity index (χ0) is 20.3. The second-order valence-electron chi connectivity index (χ2n) is 5.62. The summed E-state index contributed by atoms with van der Waals surface area (Å²) >= 11 is 6.31. The van der Waals surface area contributed by atoms with Gasteiger partial charge in [-0.15, -0.1) is 0 Å². The first-order valence-corrected chi connectivity index (χ1v) is 9.25. The number of carbonyl (C=O) groups excluding carboxylic acids is 2. The lowest BCUT2D eigenvalue weighted by Crippen LogP contribution is -2.44. The Kier molecular flexibility index (Phi) is 5.86. The van der Waals surface area contributed by atoms with Crippen molar-refractivity contribution in [1.82, 2.24) is 10.4 Å². The molecule has 2 N–H and O–H groups in total. The summed E-state index contributed by atoms with van der Waals surface area (Å²) < 4.78 is 10.3. The highest BCUT2D eigenvalue weighted by molar-refractivity contribution is 8.26. The predicted molar refractivity (Wildman–Crippen MR) is 110 cm³/mol. The van der Waals surface area contributed by atoms with Gasteiger partial charge in [-0.1, -0.05) is 23.9 Å². The van der Waals surface area contributed by atoms with Gasteiger partial charge in [0.1, 0.15) is 5.75 Å². The van der Waals surface area contributed by atoms with E-state index in [2.05, 4.69) is 5.43 Å². The highest BCUT2D eigenvalue weighted by Gasteiger charge is 2.33. The van der Waals surface area contributed by atoms with Crippen LogP contribution in [0.5, 0.6) is 17.2 Å². The molecule has 1 aliphatic heterocycles. The zero-order valence-corrected chi connectivity index (χ0v) is 16.6. The number of amides is 2. The molecule has 0 spiro atoms. The smallest absolute Gasteiger partial charge is 0.285 e. The number of rotatable bonds is 5. The van der Waals surface area contributed by atoms with Crippen molar-refractivity contribution in [2.24, 2.45) is 0 Å². The minimum atomic E-state index is -0.555. The van der Waals surface area contributed by atoms with Crippen LogP contribution in [0.1, 0.15) is 15.9 Å². The van der Waals surface area contributed by atoms with Gasteiger partial charge in [0.05, 0.1) is 19.1 Å². The number of nitrogens with zero attached hydrogens (tertiary/aromatic N) is 1. The fourth-order valence-electron chi connectivity index (χ4n) is 2.40. The van der Waals surface area contributed by atoms with Gasteiger partial charge in [-0.05, 0) is 54.2 Å². The molecule has 2 aromatic carbocycles. The lowest BCUT2D eigenvalue weighted by Gasteiger charge is -2.16. The number of phenols is 1. The Hall–Kier alpha value is -3.04. The number of carbonyl (C=O) groups is 2. The molecule has 1 fully saturated rings. The van der Waals surface area contributed by atoms with Crippen molar-refractivity contribution in [2.75, 3.05) is 14.2 Å². The molecule has 0 radical (unpaired) electrons. The number of hydrogen-bond donors (Lipinski definition) is 2. The van der Waals surface area contributed by atoms with Crippen LogP contribution in [0.4, 0.5) is 0 Å². The number of ether oxygens (including phenoxy) is 2. The summed E-state index contributed by atoms with van der Waals surface area (Å²) in [4.78, 5) is 25.5. The second-order valence-corrected chi connectivity index (χ2v) is 7.29. The SMILES string of the molecule is COc1ccc(/C=C2/SC(=S)N(NC(=O)c3ccc(O)c(OC)c3)C2=O)cc1. The first-order chi connectivity index (χ1) is 13.4. The number of hydrazine groups is 1. The zero-order valence-electron chi connectivity index (χ0n) is 15.0. The first kappa shape index (κ1) is 19.7. The molecule has 0 unspecified atom stereocenters. The van der Waals surface area contributed by atoms with E-state index < -0.39 is 11.8 Å². The van der Waals surface area contributed by atoms with Gasteiger partial charge in [0.15, 0.2) is 15.8 Å². The predicted octanol–water partition coefficient (Wildman–Crippen LogP) is 2.96. The van der Waals surface area contributed by atoms with Crippen LogP contribution in [-0.4, -0.2) is 40.5 Å². The topological polar surface area (TPSA) is 88.1 Å². The van der Waals surface area contributed by atoms with Crippen LogP contribution in [0, 0.1) is 0 Å². The van der Waals surface area contributed by atoms with Crippen molar-refractivity contribution in [3.8, 4) is 17.2 Å². The number of thiocarbonyl (C=S) groups is 1. The van der Waals surface area contributed by atoms with Crippen LogP contribution in [0.25, 0.3) is 6.08 Å². The minimum Gasteiger partial charge on any atom is -0.504 e. The molecule has 144 valence electrons. The van der Waals surface area contributed by atoms with Crippen LogP contribution in [0.2, 0.25) is 0 Å². The van der Waals surface area contributed by atoms with Crippen LogP contribution in [0.3, 0.4) is 0 Å². The van der Waals surface area contributed by atoms with Crippen LogP contribution < -0.4 is 14.9 Å². The van der Waals surface area contributed by atoms with Gasteiger partial charge in [0.2, 0.25) is 0 Å². The number of aromatic hydroxyl groups is 1. The molecule has 2 aromatic rings. The lowest BCUT2D eigenvalue weighted by molar-refractivity contribution is -0.123. The fourth-order valence-corrected chi connectivity index (χ4v) is 3.58. The van der Waals surface area contributed by atoms with Gasteiger partial charge >= 0.3 is 0 Å². The van der Waals surface area contributed by atoms with Crippen molar-refractivity contribution in [2.45, 2.75) is 0 Å². The van der Waals surface area contributed by atoms with Gasteiger partial charge in [-0.25, -0.2) is 0 Å². The van der Waals surface area contributed by atoms with E-state index in [4.69, 9.17) is 21.7 Å². The van der Waals surface area contributed by atoms with Crippen molar-refractivity contribution < 1.29 is 24.2 Å². The Balaban J connectivity index is 1.76. The number of phenolic OH excluding ortho intramolecular Hbond substituents is 1. The highest BCUT2D eigenvalue weighted by atomic mass is 32.2. The third-order valence-electron chi connectivity index (χ3n) is 3.86. The quantitative estimate of drug-likeness (QED) is 0.572. The maximum atomic E-state index is 12.6. The molecule has 1 aliphatic rings. The summed E-state index contributed by atoms with van der Waals surface area (Å²) in [5.41, 5.74) is 3.50. The van der Waals surface area contributed by atoms with Crippen molar-refractivity contribution in [3.05, 3.63) is 58.5 Å². The Labute approximate surface area is 170 Å². The molecule has 0 aliphatic carbocycles. The van der Waals surface area contributed by atoms with Crippen LogP contribution >= 0.6 is 24.0 Å². The van der Waals surface area contributed by atoms with Crippen molar-refractivity contribution in [1.29, 1.82) is 0 Å². The monoisotopic (exact) mass is 416 g/mol. The Bertz CT molecular complexity index is 973. The largest absolute Gasteiger partial charge is 0.504 e. The molecule has 0 aromatic heterocycles. The molecular formula is C19H16N2O5S2. The third kappa shape index (κ3) is 4.10. The molecule has 3 rings (SSSR count). The van der Waals surface area contributed by atoms with Gasteiger partial charge < -0.3 is 14.6 Å². The molecule has 9 heteroatoms. The molecule has 1 saturated heterocycles. The molecule has 1 heterocycles. The number of nitrogens with one attached hydrogen (secondary N) is 1. The highest BCUT2D eigenvalue weighted by Crippen LogP contribution is 2.32. The Morgan fingerprint density at radius 3 is 2.54 bits per heavy atom.